The Kier molecular flexibility index (Phi) is 3.88. The fraction of sp³-hybridized carbons (Fsp3) is 0.267. The van der Waals surface area contributed by atoms with E-state index in [2.05, 4.69) is 5.16 Å². The number of carbonyl (C=O) groups is 2. The summed E-state index contributed by atoms with van der Waals surface area (Å²) in [6.07, 6.45) is -1.01. The maximum absolute atomic E-state index is 12.4. The second-order valence-corrected chi connectivity index (χ2v) is 4.89. The van der Waals surface area contributed by atoms with Crippen LogP contribution in [0.5, 0.6) is 0 Å². The predicted octanol–water partition coefficient (Wildman–Crippen LogP) is 1.27. The van der Waals surface area contributed by atoms with Gasteiger partial charge in [-0.25, -0.2) is 4.79 Å². The molecule has 114 valence electrons. The standard InChI is InChI=1S/C15H14N2O5/c18-14(17-6-7-21-13(9-17)15(19)20)12-8-11(16-22-12)10-4-2-1-3-5-10/h1-5,8,13H,6-7,9H2,(H,19,20). The van der Waals surface area contributed by atoms with Gasteiger partial charge in [0.15, 0.2) is 6.10 Å². The molecule has 1 aliphatic heterocycles. The summed E-state index contributed by atoms with van der Waals surface area (Å²) < 4.78 is 10.2. The summed E-state index contributed by atoms with van der Waals surface area (Å²) in [7, 11) is 0. The second kappa shape index (κ2) is 5.98. The Morgan fingerprint density at radius 1 is 1.27 bits per heavy atom. The lowest BCUT2D eigenvalue weighted by molar-refractivity contribution is -0.154. The van der Waals surface area contributed by atoms with E-state index in [0.717, 1.165) is 5.56 Å². The van der Waals surface area contributed by atoms with Crippen molar-refractivity contribution in [2.24, 2.45) is 0 Å². The summed E-state index contributed by atoms with van der Waals surface area (Å²) in [6, 6.07) is 10.9. The van der Waals surface area contributed by atoms with Crippen LogP contribution in [0.3, 0.4) is 0 Å². The fourth-order valence-electron chi connectivity index (χ4n) is 2.26. The smallest absolute Gasteiger partial charge is 0.334 e. The van der Waals surface area contributed by atoms with Crippen molar-refractivity contribution in [3.05, 3.63) is 42.2 Å². The first-order valence-corrected chi connectivity index (χ1v) is 6.81. The number of aliphatic carboxylic acids is 1. The SMILES string of the molecule is O=C(O)C1CN(C(=O)c2cc(-c3ccccc3)no2)CCO1. The maximum Gasteiger partial charge on any atom is 0.334 e. The van der Waals surface area contributed by atoms with Crippen molar-refractivity contribution in [3.63, 3.8) is 0 Å². The highest BCUT2D eigenvalue weighted by Gasteiger charge is 2.31. The van der Waals surface area contributed by atoms with Crippen molar-refractivity contribution in [2.45, 2.75) is 6.10 Å². The molecule has 1 atom stereocenters. The van der Waals surface area contributed by atoms with Gasteiger partial charge in [-0.2, -0.15) is 0 Å². The monoisotopic (exact) mass is 302 g/mol. The molecule has 1 aliphatic rings. The van der Waals surface area contributed by atoms with E-state index in [-0.39, 0.29) is 24.8 Å². The van der Waals surface area contributed by atoms with Crippen LogP contribution in [0, 0.1) is 0 Å². The number of aromatic nitrogens is 1. The van der Waals surface area contributed by atoms with Gasteiger partial charge >= 0.3 is 5.97 Å². The highest BCUT2D eigenvalue weighted by atomic mass is 16.5. The number of hydrogen-bond acceptors (Lipinski definition) is 5. The molecule has 1 N–H and O–H groups in total. The highest BCUT2D eigenvalue weighted by Crippen LogP contribution is 2.20. The zero-order chi connectivity index (χ0) is 15.5. The van der Waals surface area contributed by atoms with Crippen LogP contribution in [0.4, 0.5) is 0 Å². The third-order valence-corrected chi connectivity index (χ3v) is 3.42. The number of benzene rings is 1. The normalized spacial score (nSPS) is 18.2. The number of amides is 1. The van der Waals surface area contributed by atoms with E-state index in [4.69, 9.17) is 14.4 Å². The van der Waals surface area contributed by atoms with E-state index in [1.807, 2.05) is 30.3 Å². The van der Waals surface area contributed by atoms with Crippen LogP contribution in [0.1, 0.15) is 10.6 Å². The van der Waals surface area contributed by atoms with Gasteiger partial charge in [-0.1, -0.05) is 35.5 Å². The lowest BCUT2D eigenvalue weighted by Crippen LogP contribution is -2.48. The Balaban J connectivity index is 1.76. The van der Waals surface area contributed by atoms with Crippen LogP contribution in [0.15, 0.2) is 40.9 Å². The summed E-state index contributed by atoms with van der Waals surface area (Å²) in [4.78, 5) is 24.7. The number of morpholine rings is 1. The summed E-state index contributed by atoms with van der Waals surface area (Å²) in [5, 5.41) is 12.8. The number of hydrogen-bond donors (Lipinski definition) is 1. The van der Waals surface area contributed by atoms with Crippen LogP contribution in [0.2, 0.25) is 0 Å². The molecule has 1 amide bonds. The Hall–Kier alpha value is -2.67. The number of nitrogens with zero attached hydrogens (tertiary/aromatic N) is 2. The molecule has 1 unspecified atom stereocenters. The van der Waals surface area contributed by atoms with E-state index in [1.54, 1.807) is 6.07 Å². The molecule has 22 heavy (non-hydrogen) atoms. The van der Waals surface area contributed by atoms with Crippen molar-refractivity contribution in [1.29, 1.82) is 0 Å². The first kappa shape index (κ1) is 14.3. The van der Waals surface area contributed by atoms with Crippen molar-refractivity contribution in [1.82, 2.24) is 10.1 Å². The number of ether oxygens (including phenoxy) is 1. The molecule has 7 nitrogen and oxygen atoms in total. The molecule has 1 saturated heterocycles. The third-order valence-electron chi connectivity index (χ3n) is 3.42. The van der Waals surface area contributed by atoms with Gasteiger partial charge in [0.25, 0.3) is 5.91 Å². The third kappa shape index (κ3) is 2.84. The molecule has 2 heterocycles. The molecular weight excluding hydrogens is 288 g/mol. The summed E-state index contributed by atoms with van der Waals surface area (Å²) >= 11 is 0. The van der Waals surface area contributed by atoms with Crippen molar-refractivity contribution in [2.75, 3.05) is 19.7 Å². The van der Waals surface area contributed by atoms with Crippen LogP contribution < -0.4 is 0 Å². The van der Waals surface area contributed by atoms with Gasteiger partial charge < -0.3 is 19.3 Å². The molecule has 0 aliphatic carbocycles. The number of carboxylic acid groups (broad SMARTS) is 1. The summed E-state index contributed by atoms with van der Waals surface area (Å²) in [5.74, 6) is -1.38. The van der Waals surface area contributed by atoms with Crippen LogP contribution in [-0.2, 0) is 9.53 Å². The Morgan fingerprint density at radius 2 is 2.05 bits per heavy atom. The molecular formula is C15H14N2O5. The molecule has 1 aromatic heterocycles. The van der Waals surface area contributed by atoms with E-state index >= 15 is 0 Å². The quantitative estimate of drug-likeness (QED) is 0.917. The lowest BCUT2D eigenvalue weighted by Gasteiger charge is -2.29. The minimum absolute atomic E-state index is 0.00443. The molecule has 0 saturated carbocycles. The van der Waals surface area contributed by atoms with E-state index in [9.17, 15) is 9.59 Å². The average molecular weight is 302 g/mol. The van der Waals surface area contributed by atoms with Crippen LogP contribution in [0.25, 0.3) is 11.3 Å². The maximum atomic E-state index is 12.4. The van der Waals surface area contributed by atoms with E-state index < -0.39 is 12.1 Å². The molecule has 1 fully saturated rings. The van der Waals surface area contributed by atoms with Gasteiger partial charge in [0.2, 0.25) is 5.76 Å². The first-order chi connectivity index (χ1) is 10.6. The van der Waals surface area contributed by atoms with Gasteiger partial charge in [-0.15, -0.1) is 0 Å². The van der Waals surface area contributed by atoms with Crippen molar-refractivity contribution >= 4 is 11.9 Å². The molecule has 0 bridgehead atoms. The predicted molar refractivity (Wildman–Crippen MR) is 75.2 cm³/mol. The number of rotatable bonds is 3. The topological polar surface area (TPSA) is 92.9 Å². The molecule has 7 heteroatoms. The number of carboxylic acids is 1. The summed E-state index contributed by atoms with van der Waals surface area (Å²) in [5.41, 5.74) is 1.41. The Morgan fingerprint density at radius 3 is 2.77 bits per heavy atom. The number of carbonyl (C=O) groups excluding carboxylic acids is 1. The average Bonchev–Trinajstić information content (AvgIpc) is 3.05. The van der Waals surface area contributed by atoms with E-state index in [1.165, 1.54) is 4.90 Å². The molecule has 1 aromatic carbocycles. The van der Waals surface area contributed by atoms with Gasteiger partial charge in [0.05, 0.1) is 13.2 Å². The minimum Gasteiger partial charge on any atom is -0.479 e. The summed E-state index contributed by atoms with van der Waals surface area (Å²) in [6.45, 7) is 0.502. The second-order valence-electron chi connectivity index (χ2n) is 4.89. The zero-order valence-electron chi connectivity index (χ0n) is 11.6. The van der Waals surface area contributed by atoms with Crippen molar-refractivity contribution in [3.8, 4) is 11.3 Å². The highest BCUT2D eigenvalue weighted by molar-refractivity contribution is 5.93. The molecule has 3 rings (SSSR count). The van der Waals surface area contributed by atoms with Gasteiger partial charge in [0.1, 0.15) is 5.69 Å². The zero-order valence-corrected chi connectivity index (χ0v) is 11.6. The van der Waals surface area contributed by atoms with Gasteiger partial charge in [0, 0.05) is 18.2 Å². The van der Waals surface area contributed by atoms with Gasteiger partial charge in [-0.05, 0) is 0 Å². The van der Waals surface area contributed by atoms with Gasteiger partial charge in [-0.3, -0.25) is 4.79 Å². The minimum atomic E-state index is -1.08. The largest absolute Gasteiger partial charge is 0.479 e. The molecule has 2 aromatic rings. The molecule has 0 spiro atoms. The van der Waals surface area contributed by atoms with Crippen molar-refractivity contribution < 1.29 is 24.0 Å². The van der Waals surface area contributed by atoms with Crippen LogP contribution >= 0.6 is 0 Å². The fourth-order valence-corrected chi connectivity index (χ4v) is 2.26. The Labute approximate surface area is 126 Å². The molecule has 0 radical (unpaired) electrons. The Bertz CT molecular complexity index is 682. The van der Waals surface area contributed by atoms with Crippen LogP contribution in [-0.4, -0.2) is 52.8 Å². The van der Waals surface area contributed by atoms with E-state index in [0.29, 0.717) is 12.2 Å². The first-order valence-electron chi connectivity index (χ1n) is 6.81. The lowest BCUT2D eigenvalue weighted by atomic mass is 10.1.